The fraction of sp³-hybridized carbons (Fsp3) is 0.0769. The fourth-order valence-corrected chi connectivity index (χ4v) is 2.26. The van der Waals surface area contributed by atoms with Gasteiger partial charge in [0, 0.05) is 12.3 Å². The number of aromatic nitrogens is 1. The van der Waals surface area contributed by atoms with E-state index in [1.54, 1.807) is 6.07 Å². The molecule has 4 N–H and O–H groups in total. The molecule has 8 heteroatoms. The highest BCUT2D eigenvalue weighted by atomic mass is 32.2. The van der Waals surface area contributed by atoms with E-state index in [4.69, 9.17) is 16.2 Å². The minimum Gasteiger partial charge on any atom is -0.439 e. The SMILES string of the molecule is CS(=O)(=O)c1cccc(Oc2cc(C(N)=O)c(N)cn2)c1. The molecule has 2 rings (SSSR count). The molecule has 1 heterocycles. The summed E-state index contributed by atoms with van der Waals surface area (Å²) in [6.07, 6.45) is 2.34. The van der Waals surface area contributed by atoms with Crippen LogP contribution < -0.4 is 16.2 Å². The van der Waals surface area contributed by atoms with Gasteiger partial charge in [0.05, 0.1) is 22.3 Å². The molecule has 0 aliphatic rings. The van der Waals surface area contributed by atoms with Crippen molar-refractivity contribution in [3.63, 3.8) is 0 Å². The van der Waals surface area contributed by atoms with Gasteiger partial charge in [-0.15, -0.1) is 0 Å². The Morgan fingerprint density at radius 1 is 1.29 bits per heavy atom. The summed E-state index contributed by atoms with van der Waals surface area (Å²) in [7, 11) is -3.34. The third-order valence-corrected chi connectivity index (χ3v) is 3.74. The zero-order chi connectivity index (χ0) is 15.6. The molecule has 0 radical (unpaired) electrons. The van der Waals surface area contributed by atoms with E-state index in [0.29, 0.717) is 0 Å². The molecular weight excluding hydrogens is 294 g/mol. The highest BCUT2D eigenvalue weighted by Gasteiger charge is 2.11. The van der Waals surface area contributed by atoms with Gasteiger partial charge in [0.25, 0.3) is 5.91 Å². The maximum Gasteiger partial charge on any atom is 0.251 e. The molecule has 0 saturated heterocycles. The molecule has 7 nitrogen and oxygen atoms in total. The van der Waals surface area contributed by atoms with E-state index in [9.17, 15) is 13.2 Å². The van der Waals surface area contributed by atoms with E-state index in [2.05, 4.69) is 4.98 Å². The van der Waals surface area contributed by atoms with Gasteiger partial charge in [-0.05, 0) is 18.2 Å². The molecule has 0 spiro atoms. The number of hydrogen-bond acceptors (Lipinski definition) is 6. The van der Waals surface area contributed by atoms with Gasteiger partial charge >= 0.3 is 0 Å². The highest BCUT2D eigenvalue weighted by molar-refractivity contribution is 7.90. The molecule has 0 saturated carbocycles. The second-order valence-electron chi connectivity index (χ2n) is 4.32. The van der Waals surface area contributed by atoms with E-state index in [-0.39, 0.29) is 27.8 Å². The van der Waals surface area contributed by atoms with E-state index < -0.39 is 15.7 Å². The number of nitrogens with zero attached hydrogens (tertiary/aromatic N) is 1. The van der Waals surface area contributed by atoms with Crippen LogP contribution in [0.15, 0.2) is 41.4 Å². The summed E-state index contributed by atoms with van der Waals surface area (Å²) in [5, 5.41) is 0. The van der Waals surface area contributed by atoms with Crippen molar-refractivity contribution in [2.75, 3.05) is 12.0 Å². The number of benzene rings is 1. The van der Waals surface area contributed by atoms with Crippen LogP contribution in [0.3, 0.4) is 0 Å². The zero-order valence-electron chi connectivity index (χ0n) is 11.1. The van der Waals surface area contributed by atoms with Gasteiger partial charge in [-0.1, -0.05) is 6.07 Å². The summed E-state index contributed by atoms with van der Waals surface area (Å²) in [5.74, 6) is -0.348. The van der Waals surface area contributed by atoms with E-state index in [1.807, 2.05) is 0 Å². The number of hydrogen-bond donors (Lipinski definition) is 2. The third kappa shape index (κ3) is 3.48. The summed E-state index contributed by atoms with van der Waals surface area (Å²) in [6.45, 7) is 0. The molecule has 1 amide bonds. The van der Waals surface area contributed by atoms with E-state index in [1.165, 1.54) is 30.5 Å². The van der Waals surface area contributed by atoms with Crippen LogP contribution in [-0.2, 0) is 9.84 Å². The van der Waals surface area contributed by atoms with Gasteiger partial charge in [0.15, 0.2) is 9.84 Å². The summed E-state index contributed by atoms with van der Waals surface area (Å²) < 4.78 is 28.4. The van der Waals surface area contributed by atoms with Gasteiger partial charge < -0.3 is 16.2 Å². The second kappa shape index (κ2) is 5.41. The van der Waals surface area contributed by atoms with Crippen molar-refractivity contribution >= 4 is 21.4 Å². The molecule has 1 aromatic carbocycles. The Hall–Kier alpha value is -2.61. The molecule has 1 aromatic heterocycles. The van der Waals surface area contributed by atoms with Crippen molar-refractivity contribution in [3.05, 3.63) is 42.1 Å². The number of nitrogen functional groups attached to an aromatic ring is 1. The minimum atomic E-state index is -3.34. The van der Waals surface area contributed by atoms with Crippen LogP contribution in [-0.4, -0.2) is 25.6 Å². The van der Waals surface area contributed by atoms with Gasteiger partial charge in [-0.3, -0.25) is 4.79 Å². The number of pyridine rings is 1. The Morgan fingerprint density at radius 3 is 2.62 bits per heavy atom. The number of ether oxygens (including phenoxy) is 1. The largest absolute Gasteiger partial charge is 0.439 e. The lowest BCUT2D eigenvalue weighted by Gasteiger charge is -2.08. The quantitative estimate of drug-likeness (QED) is 0.866. The number of carbonyl (C=O) groups is 1. The molecular formula is C13H13N3O4S. The molecule has 0 aliphatic carbocycles. The molecule has 0 aliphatic heterocycles. The Morgan fingerprint density at radius 2 is 2.00 bits per heavy atom. The topological polar surface area (TPSA) is 125 Å². The number of sulfone groups is 1. The summed E-state index contributed by atoms with van der Waals surface area (Å²) in [4.78, 5) is 15.2. The minimum absolute atomic E-state index is 0.0827. The van der Waals surface area contributed by atoms with Gasteiger partial charge in [0.1, 0.15) is 5.75 Å². The first-order chi connectivity index (χ1) is 9.77. The molecule has 0 bridgehead atoms. The van der Waals surface area contributed by atoms with Crippen LogP contribution in [0.5, 0.6) is 11.6 Å². The number of carbonyl (C=O) groups excluding carboxylic acids is 1. The monoisotopic (exact) mass is 307 g/mol. The molecule has 110 valence electrons. The van der Waals surface area contributed by atoms with E-state index >= 15 is 0 Å². The van der Waals surface area contributed by atoms with Crippen molar-refractivity contribution in [3.8, 4) is 11.6 Å². The molecule has 0 atom stereocenters. The Kier molecular flexibility index (Phi) is 3.81. The van der Waals surface area contributed by atoms with Crippen molar-refractivity contribution in [1.82, 2.24) is 4.98 Å². The van der Waals surface area contributed by atoms with Crippen LogP contribution in [0.1, 0.15) is 10.4 Å². The molecule has 21 heavy (non-hydrogen) atoms. The number of anilines is 1. The summed E-state index contributed by atoms with van der Waals surface area (Å²) in [5.41, 5.74) is 11.0. The van der Waals surface area contributed by atoms with Gasteiger partial charge in [-0.2, -0.15) is 0 Å². The predicted molar refractivity (Wildman–Crippen MR) is 76.8 cm³/mol. The van der Waals surface area contributed by atoms with Crippen molar-refractivity contribution in [2.45, 2.75) is 4.90 Å². The maximum absolute atomic E-state index is 11.5. The van der Waals surface area contributed by atoms with Gasteiger partial charge in [-0.25, -0.2) is 13.4 Å². The maximum atomic E-state index is 11.5. The lowest BCUT2D eigenvalue weighted by Crippen LogP contribution is -2.13. The number of nitrogens with two attached hydrogens (primary N) is 2. The number of rotatable bonds is 4. The smallest absolute Gasteiger partial charge is 0.251 e. The summed E-state index contributed by atoms with van der Waals surface area (Å²) >= 11 is 0. The predicted octanol–water partition coefficient (Wildman–Crippen LogP) is 0.959. The van der Waals surface area contributed by atoms with Gasteiger partial charge in [0.2, 0.25) is 5.88 Å². The normalized spacial score (nSPS) is 11.1. The second-order valence-corrected chi connectivity index (χ2v) is 6.34. The third-order valence-electron chi connectivity index (χ3n) is 2.63. The molecule has 2 aromatic rings. The number of primary amides is 1. The Bertz CT molecular complexity index is 803. The first-order valence-electron chi connectivity index (χ1n) is 5.80. The lowest BCUT2D eigenvalue weighted by atomic mass is 10.2. The Balaban J connectivity index is 2.35. The van der Waals surface area contributed by atoms with Crippen molar-refractivity contribution in [2.24, 2.45) is 5.73 Å². The Labute approximate surface area is 121 Å². The van der Waals surface area contributed by atoms with Crippen LogP contribution in [0.25, 0.3) is 0 Å². The first kappa shape index (κ1) is 14.8. The zero-order valence-corrected chi connectivity index (χ0v) is 11.9. The summed E-state index contributed by atoms with van der Waals surface area (Å²) in [6, 6.07) is 7.21. The molecule has 0 fully saturated rings. The van der Waals surface area contributed by atoms with Crippen LogP contribution in [0.4, 0.5) is 5.69 Å². The van der Waals surface area contributed by atoms with E-state index in [0.717, 1.165) is 6.26 Å². The first-order valence-corrected chi connectivity index (χ1v) is 7.70. The number of amides is 1. The lowest BCUT2D eigenvalue weighted by molar-refractivity contribution is 0.100. The average Bonchev–Trinajstić information content (AvgIpc) is 2.40. The van der Waals surface area contributed by atoms with Crippen LogP contribution in [0.2, 0.25) is 0 Å². The average molecular weight is 307 g/mol. The fourth-order valence-electron chi connectivity index (χ4n) is 1.61. The highest BCUT2D eigenvalue weighted by Crippen LogP contribution is 2.24. The molecule has 0 unspecified atom stereocenters. The van der Waals surface area contributed by atoms with Crippen LogP contribution in [0, 0.1) is 0 Å². The van der Waals surface area contributed by atoms with Crippen molar-refractivity contribution < 1.29 is 17.9 Å². The standard InChI is InChI=1S/C13H13N3O4S/c1-21(18,19)9-4-2-3-8(5-9)20-12-6-10(13(15)17)11(14)7-16-12/h2-7H,14H2,1H3,(H2,15,17). The van der Waals surface area contributed by atoms with Crippen molar-refractivity contribution in [1.29, 1.82) is 0 Å². The van der Waals surface area contributed by atoms with Crippen LogP contribution >= 0.6 is 0 Å².